The summed E-state index contributed by atoms with van der Waals surface area (Å²) in [5.41, 5.74) is 10.2. The lowest BCUT2D eigenvalue weighted by Crippen LogP contribution is -2.46. The molecule has 1 atom stereocenters. The van der Waals surface area contributed by atoms with Gasteiger partial charge in [-0.3, -0.25) is 14.4 Å². The predicted molar refractivity (Wildman–Crippen MR) is 114 cm³/mol. The van der Waals surface area contributed by atoms with Gasteiger partial charge in [0.25, 0.3) is 0 Å². The number of rotatable bonds is 20. The third kappa shape index (κ3) is 17.8. The number of hydrogen-bond donors (Lipinski definition) is 3. The van der Waals surface area contributed by atoms with Crippen molar-refractivity contribution in [1.29, 1.82) is 0 Å². The maximum absolute atomic E-state index is 11.8. The van der Waals surface area contributed by atoms with Crippen molar-refractivity contribution in [2.75, 3.05) is 0 Å². The molecule has 164 valence electrons. The minimum atomic E-state index is -0.999. The second kappa shape index (κ2) is 18.8. The first kappa shape index (κ1) is 26.4. The van der Waals surface area contributed by atoms with E-state index < -0.39 is 17.9 Å². The zero-order valence-corrected chi connectivity index (χ0v) is 18.0. The van der Waals surface area contributed by atoms with Crippen LogP contribution < -0.4 is 16.8 Å². The first-order valence-electron chi connectivity index (χ1n) is 11.3. The van der Waals surface area contributed by atoms with E-state index in [4.69, 9.17) is 11.5 Å². The zero-order chi connectivity index (χ0) is 21.0. The van der Waals surface area contributed by atoms with Gasteiger partial charge in [-0.05, 0) is 6.42 Å². The second-order valence-corrected chi connectivity index (χ2v) is 7.89. The molecule has 0 saturated carbocycles. The maximum Gasteiger partial charge on any atom is 0.240 e. The van der Waals surface area contributed by atoms with E-state index in [1.165, 1.54) is 77.0 Å². The van der Waals surface area contributed by atoms with Crippen LogP contribution in [0.25, 0.3) is 0 Å². The largest absolute Gasteiger partial charge is 0.370 e. The molecular weight excluding hydrogens is 354 g/mol. The van der Waals surface area contributed by atoms with Gasteiger partial charge in [-0.25, -0.2) is 0 Å². The fourth-order valence-electron chi connectivity index (χ4n) is 3.35. The molecule has 0 unspecified atom stereocenters. The molecule has 0 saturated heterocycles. The van der Waals surface area contributed by atoms with Gasteiger partial charge in [0.05, 0.1) is 6.42 Å². The average molecular weight is 398 g/mol. The van der Waals surface area contributed by atoms with Crippen LogP contribution in [-0.2, 0) is 14.4 Å². The molecular formula is C22H43N3O3. The summed E-state index contributed by atoms with van der Waals surface area (Å²) in [6.45, 7) is 2.26. The first-order chi connectivity index (χ1) is 13.5. The maximum atomic E-state index is 11.8. The quantitative estimate of drug-likeness (QED) is 0.269. The number of unbranched alkanes of at least 4 members (excludes halogenated alkanes) is 14. The fourth-order valence-corrected chi connectivity index (χ4v) is 3.35. The molecule has 28 heavy (non-hydrogen) atoms. The molecule has 6 nitrogen and oxygen atoms in total. The van der Waals surface area contributed by atoms with Crippen molar-refractivity contribution in [3.05, 3.63) is 0 Å². The Bertz CT molecular complexity index is 427. The summed E-state index contributed by atoms with van der Waals surface area (Å²) in [5.74, 6) is -1.64. The van der Waals surface area contributed by atoms with Crippen molar-refractivity contribution in [2.24, 2.45) is 11.5 Å². The molecule has 0 aliphatic heterocycles. The Balaban J connectivity index is 3.41. The molecule has 0 aromatic carbocycles. The summed E-state index contributed by atoms with van der Waals surface area (Å²) in [5, 5.41) is 2.48. The molecule has 0 rings (SSSR count). The summed E-state index contributed by atoms with van der Waals surface area (Å²) in [6.07, 6.45) is 19.2. The number of hydrogen-bond acceptors (Lipinski definition) is 3. The SMILES string of the molecule is CCCCCCCCCCCCCCCCCC(=O)N[C@@H](CC(N)=O)C(N)=O. The van der Waals surface area contributed by atoms with Crippen molar-refractivity contribution >= 4 is 17.7 Å². The summed E-state index contributed by atoms with van der Waals surface area (Å²) in [6, 6.07) is -0.999. The Labute approximate surface area is 171 Å². The fraction of sp³-hybridized carbons (Fsp3) is 0.864. The van der Waals surface area contributed by atoms with E-state index >= 15 is 0 Å². The van der Waals surface area contributed by atoms with E-state index in [2.05, 4.69) is 12.2 Å². The van der Waals surface area contributed by atoms with E-state index in [1.54, 1.807) is 0 Å². The Morgan fingerprint density at radius 1 is 0.679 bits per heavy atom. The van der Waals surface area contributed by atoms with E-state index in [9.17, 15) is 14.4 Å². The van der Waals surface area contributed by atoms with Crippen LogP contribution in [-0.4, -0.2) is 23.8 Å². The Morgan fingerprint density at radius 3 is 1.43 bits per heavy atom. The Kier molecular flexibility index (Phi) is 17.7. The lowest BCUT2D eigenvalue weighted by molar-refractivity contribution is -0.129. The van der Waals surface area contributed by atoms with Crippen LogP contribution in [0.15, 0.2) is 0 Å². The summed E-state index contributed by atoms with van der Waals surface area (Å²) >= 11 is 0. The molecule has 0 spiro atoms. The topological polar surface area (TPSA) is 115 Å². The van der Waals surface area contributed by atoms with Crippen molar-refractivity contribution in [1.82, 2.24) is 5.32 Å². The van der Waals surface area contributed by atoms with Crippen LogP contribution in [0.3, 0.4) is 0 Å². The smallest absolute Gasteiger partial charge is 0.240 e. The normalized spacial score (nSPS) is 11.9. The van der Waals surface area contributed by atoms with E-state index in [0.717, 1.165) is 19.3 Å². The number of nitrogens with one attached hydrogen (secondary N) is 1. The zero-order valence-electron chi connectivity index (χ0n) is 18.0. The number of carbonyl (C=O) groups excluding carboxylic acids is 3. The first-order valence-corrected chi connectivity index (χ1v) is 11.3. The standard InChI is InChI=1S/C22H43N3O3/c1-2-3-4-5-6-7-8-9-10-11-12-13-14-15-16-17-21(27)25-19(22(24)28)18-20(23)26/h19H,2-18H2,1H3,(H2,23,26)(H2,24,28)(H,25,27)/t19-/m0/s1. The monoisotopic (exact) mass is 397 g/mol. The molecule has 0 aromatic rings. The second-order valence-electron chi connectivity index (χ2n) is 7.89. The van der Waals surface area contributed by atoms with Gasteiger partial charge in [0.1, 0.15) is 6.04 Å². The third-order valence-electron chi connectivity index (χ3n) is 5.09. The number of nitrogens with two attached hydrogens (primary N) is 2. The molecule has 6 heteroatoms. The lowest BCUT2D eigenvalue weighted by Gasteiger charge is -2.13. The van der Waals surface area contributed by atoms with Crippen LogP contribution in [0.1, 0.15) is 116 Å². The average Bonchev–Trinajstić information content (AvgIpc) is 2.64. The third-order valence-corrected chi connectivity index (χ3v) is 5.09. The molecule has 0 heterocycles. The molecule has 0 fully saturated rings. The highest BCUT2D eigenvalue weighted by Gasteiger charge is 2.19. The summed E-state index contributed by atoms with van der Waals surface area (Å²) in [7, 11) is 0. The van der Waals surface area contributed by atoms with Gasteiger partial charge in [0, 0.05) is 6.42 Å². The van der Waals surface area contributed by atoms with Gasteiger partial charge in [-0.15, -0.1) is 0 Å². The summed E-state index contributed by atoms with van der Waals surface area (Å²) in [4.78, 5) is 33.9. The number of amides is 3. The van der Waals surface area contributed by atoms with E-state index in [1.807, 2.05) is 0 Å². The number of primary amides is 2. The Hall–Kier alpha value is -1.59. The highest BCUT2D eigenvalue weighted by molar-refractivity contribution is 5.90. The highest BCUT2D eigenvalue weighted by Crippen LogP contribution is 2.13. The van der Waals surface area contributed by atoms with Crippen LogP contribution in [0.5, 0.6) is 0 Å². The van der Waals surface area contributed by atoms with Crippen LogP contribution >= 0.6 is 0 Å². The van der Waals surface area contributed by atoms with Gasteiger partial charge < -0.3 is 16.8 Å². The molecule has 5 N–H and O–H groups in total. The van der Waals surface area contributed by atoms with Crippen LogP contribution in [0.4, 0.5) is 0 Å². The van der Waals surface area contributed by atoms with Crippen LogP contribution in [0.2, 0.25) is 0 Å². The van der Waals surface area contributed by atoms with Gasteiger partial charge in [-0.1, -0.05) is 96.8 Å². The molecule has 3 amide bonds. The van der Waals surface area contributed by atoms with Crippen molar-refractivity contribution < 1.29 is 14.4 Å². The molecule has 0 aliphatic carbocycles. The van der Waals surface area contributed by atoms with Gasteiger partial charge in [0.2, 0.25) is 17.7 Å². The Morgan fingerprint density at radius 2 is 1.07 bits per heavy atom. The van der Waals surface area contributed by atoms with Crippen molar-refractivity contribution in [3.8, 4) is 0 Å². The molecule has 0 aromatic heterocycles. The van der Waals surface area contributed by atoms with Crippen molar-refractivity contribution in [2.45, 2.75) is 122 Å². The van der Waals surface area contributed by atoms with E-state index in [-0.39, 0.29) is 12.3 Å². The highest BCUT2D eigenvalue weighted by atomic mass is 16.2. The summed E-state index contributed by atoms with van der Waals surface area (Å²) < 4.78 is 0. The van der Waals surface area contributed by atoms with Gasteiger partial charge in [-0.2, -0.15) is 0 Å². The van der Waals surface area contributed by atoms with Crippen LogP contribution in [0, 0.1) is 0 Å². The van der Waals surface area contributed by atoms with Crippen molar-refractivity contribution in [3.63, 3.8) is 0 Å². The minimum Gasteiger partial charge on any atom is -0.370 e. The van der Waals surface area contributed by atoms with Gasteiger partial charge in [0.15, 0.2) is 0 Å². The van der Waals surface area contributed by atoms with E-state index in [0.29, 0.717) is 6.42 Å². The number of carbonyl (C=O) groups is 3. The molecule has 0 bridgehead atoms. The predicted octanol–water partition coefficient (Wildman–Crippen LogP) is 4.09. The minimum absolute atomic E-state index is 0.250. The lowest BCUT2D eigenvalue weighted by atomic mass is 10.0. The molecule has 0 aliphatic rings. The van der Waals surface area contributed by atoms with Gasteiger partial charge >= 0.3 is 0 Å². The molecule has 0 radical (unpaired) electrons.